The van der Waals surface area contributed by atoms with Gasteiger partial charge in [0.2, 0.25) is 5.91 Å². The van der Waals surface area contributed by atoms with Gasteiger partial charge in [-0.05, 0) is 53.3 Å². The van der Waals surface area contributed by atoms with E-state index in [9.17, 15) is 9.59 Å². The highest BCUT2D eigenvalue weighted by Gasteiger charge is 2.34. The maximum absolute atomic E-state index is 13.6. The van der Waals surface area contributed by atoms with Crippen LogP contribution in [0.15, 0.2) is 66.0 Å². The number of thiophene rings is 1. The topological polar surface area (TPSA) is 49.9 Å². The smallest absolute Gasteiger partial charge is 0.254 e. The summed E-state index contributed by atoms with van der Waals surface area (Å²) in [4.78, 5) is 31.5. The fourth-order valence-corrected chi connectivity index (χ4v) is 5.09. The van der Waals surface area contributed by atoms with Crippen molar-refractivity contribution < 1.29 is 14.3 Å². The molecule has 1 aliphatic rings. The van der Waals surface area contributed by atoms with Crippen molar-refractivity contribution in [3.63, 3.8) is 0 Å². The number of carbonyl (C=O) groups is 2. The van der Waals surface area contributed by atoms with Crippen LogP contribution in [0.5, 0.6) is 0 Å². The molecule has 0 saturated carbocycles. The third kappa shape index (κ3) is 4.88. The van der Waals surface area contributed by atoms with E-state index in [2.05, 4.69) is 23.6 Å². The lowest BCUT2D eigenvalue weighted by atomic mass is 9.93. The second-order valence-corrected chi connectivity index (χ2v) is 9.11. The molecule has 166 valence electrons. The molecule has 1 aromatic heterocycles. The molecule has 1 atom stereocenters. The Bertz CT molecular complexity index is 1070. The molecule has 0 aliphatic carbocycles. The van der Waals surface area contributed by atoms with Crippen LogP contribution in [0.1, 0.15) is 32.4 Å². The summed E-state index contributed by atoms with van der Waals surface area (Å²) in [7, 11) is 1.58. The molecule has 0 bridgehead atoms. The van der Waals surface area contributed by atoms with Crippen LogP contribution in [0, 0.1) is 0 Å². The number of fused-ring (bicyclic) bond motifs is 1. The number of rotatable bonds is 7. The van der Waals surface area contributed by atoms with Crippen LogP contribution in [0.4, 0.5) is 0 Å². The van der Waals surface area contributed by atoms with Gasteiger partial charge in [-0.25, -0.2) is 0 Å². The summed E-state index contributed by atoms with van der Waals surface area (Å²) in [6.07, 6.45) is 0.825. The monoisotopic (exact) mass is 468 g/mol. The van der Waals surface area contributed by atoms with Gasteiger partial charge in [-0.3, -0.25) is 9.59 Å². The van der Waals surface area contributed by atoms with Crippen molar-refractivity contribution in [2.75, 3.05) is 33.4 Å². The first-order chi connectivity index (χ1) is 15.6. The minimum atomic E-state index is -0.212. The van der Waals surface area contributed by atoms with Gasteiger partial charge in [-0.1, -0.05) is 41.9 Å². The quantitative estimate of drug-likeness (QED) is 0.506. The van der Waals surface area contributed by atoms with Crippen molar-refractivity contribution in [1.29, 1.82) is 0 Å². The van der Waals surface area contributed by atoms with Gasteiger partial charge in [0, 0.05) is 35.7 Å². The molecule has 2 heterocycles. The van der Waals surface area contributed by atoms with Crippen molar-refractivity contribution in [3.05, 3.63) is 92.6 Å². The highest BCUT2D eigenvalue weighted by molar-refractivity contribution is 7.10. The highest BCUT2D eigenvalue weighted by atomic mass is 35.5. The normalized spacial score (nSPS) is 15.3. The van der Waals surface area contributed by atoms with Crippen molar-refractivity contribution in [1.82, 2.24) is 9.80 Å². The van der Waals surface area contributed by atoms with Crippen LogP contribution < -0.4 is 0 Å². The van der Waals surface area contributed by atoms with E-state index in [0.29, 0.717) is 30.3 Å². The molecule has 32 heavy (non-hydrogen) atoms. The number of amides is 2. The zero-order valence-electron chi connectivity index (χ0n) is 17.9. The van der Waals surface area contributed by atoms with Crippen molar-refractivity contribution in [2.45, 2.75) is 12.5 Å². The van der Waals surface area contributed by atoms with Crippen LogP contribution in [-0.4, -0.2) is 55.0 Å². The molecular formula is C25H25ClN2O3S. The second-order valence-electron chi connectivity index (χ2n) is 7.68. The summed E-state index contributed by atoms with van der Waals surface area (Å²) in [6.45, 7) is 1.30. The first-order valence-electron chi connectivity index (χ1n) is 10.5. The lowest BCUT2D eigenvalue weighted by molar-refractivity contribution is -0.134. The lowest BCUT2D eigenvalue weighted by Gasteiger charge is -2.37. The highest BCUT2D eigenvalue weighted by Crippen LogP contribution is 2.37. The number of hydrogen-bond acceptors (Lipinski definition) is 4. The minimum absolute atomic E-state index is 0.00633. The Labute approximate surface area is 197 Å². The summed E-state index contributed by atoms with van der Waals surface area (Å²) in [6, 6.07) is 18.8. The summed E-state index contributed by atoms with van der Waals surface area (Å²) in [5.74, 6) is -0.286. The van der Waals surface area contributed by atoms with E-state index in [0.717, 1.165) is 12.0 Å². The van der Waals surface area contributed by atoms with Gasteiger partial charge >= 0.3 is 0 Å². The number of ether oxygens (including phenoxy) is 1. The van der Waals surface area contributed by atoms with E-state index in [1.54, 1.807) is 47.6 Å². The molecule has 1 aliphatic heterocycles. The molecule has 2 amide bonds. The molecule has 0 fully saturated rings. The fourth-order valence-electron chi connectivity index (χ4n) is 4.06. The number of halogens is 1. The second kappa shape index (κ2) is 10.3. The van der Waals surface area contributed by atoms with E-state index in [-0.39, 0.29) is 24.4 Å². The molecule has 0 radical (unpaired) electrons. The SMILES string of the molecule is COCCN(CC(=O)N1CCc2sccc2C1c1ccccc1)C(=O)c1ccc(Cl)cc1. The Hall–Kier alpha value is -2.67. The largest absolute Gasteiger partial charge is 0.383 e. The third-order valence-electron chi connectivity index (χ3n) is 5.67. The molecule has 3 aromatic rings. The summed E-state index contributed by atoms with van der Waals surface area (Å²) < 4.78 is 5.19. The maximum Gasteiger partial charge on any atom is 0.254 e. The number of hydrogen-bond donors (Lipinski definition) is 0. The summed E-state index contributed by atoms with van der Waals surface area (Å²) in [5, 5.41) is 2.65. The predicted octanol–water partition coefficient (Wildman–Crippen LogP) is 4.66. The van der Waals surface area contributed by atoms with Gasteiger partial charge in [0.15, 0.2) is 0 Å². The molecule has 0 N–H and O–H groups in total. The number of benzene rings is 2. The lowest BCUT2D eigenvalue weighted by Crippen LogP contribution is -2.47. The molecular weight excluding hydrogens is 444 g/mol. The number of methoxy groups -OCH3 is 1. The summed E-state index contributed by atoms with van der Waals surface area (Å²) in [5.41, 5.74) is 2.75. The number of nitrogens with zero attached hydrogens (tertiary/aromatic N) is 2. The average Bonchev–Trinajstić information content (AvgIpc) is 3.30. The van der Waals surface area contributed by atoms with E-state index in [4.69, 9.17) is 16.3 Å². The maximum atomic E-state index is 13.6. The zero-order chi connectivity index (χ0) is 22.5. The Balaban J connectivity index is 1.59. The van der Waals surface area contributed by atoms with E-state index in [1.165, 1.54) is 10.4 Å². The van der Waals surface area contributed by atoms with Gasteiger partial charge in [0.1, 0.15) is 6.54 Å². The van der Waals surface area contributed by atoms with Crippen LogP contribution in [0.2, 0.25) is 5.02 Å². The van der Waals surface area contributed by atoms with Gasteiger partial charge in [0.25, 0.3) is 5.91 Å². The minimum Gasteiger partial charge on any atom is -0.383 e. The van der Waals surface area contributed by atoms with Gasteiger partial charge in [-0.15, -0.1) is 11.3 Å². The predicted molar refractivity (Wildman–Crippen MR) is 127 cm³/mol. The van der Waals surface area contributed by atoms with Crippen molar-refractivity contribution in [2.24, 2.45) is 0 Å². The van der Waals surface area contributed by atoms with Crippen molar-refractivity contribution >= 4 is 34.8 Å². The van der Waals surface area contributed by atoms with Gasteiger partial charge in [-0.2, -0.15) is 0 Å². The Kier molecular flexibility index (Phi) is 7.25. The Morgan fingerprint density at radius 2 is 1.88 bits per heavy atom. The van der Waals surface area contributed by atoms with Gasteiger partial charge < -0.3 is 14.5 Å². The van der Waals surface area contributed by atoms with Gasteiger partial charge in [0.05, 0.1) is 12.6 Å². The fraction of sp³-hybridized carbons (Fsp3) is 0.280. The zero-order valence-corrected chi connectivity index (χ0v) is 19.4. The van der Waals surface area contributed by atoms with Crippen LogP contribution in [-0.2, 0) is 16.0 Å². The van der Waals surface area contributed by atoms with Crippen LogP contribution >= 0.6 is 22.9 Å². The first kappa shape index (κ1) is 22.5. The standard InChI is InChI=1S/C25H25ClN2O3S/c1-31-15-14-27(25(30)19-7-9-20(26)10-8-19)17-23(29)28-13-11-22-21(12-16-32-22)24(28)18-5-3-2-4-6-18/h2-10,12,16,24H,11,13-15,17H2,1H3. The summed E-state index contributed by atoms with van der Waals surface area (Å²) >= 11 is 7.70. The van der Waals surface area contributed by atoms with E-state index in [1.807, 2.05) is 23.1 Å². The van der Waals surface area contributed by atoms with E-state index < -0.39 is 0 Å². The number of carbonyl (C=O) groups excluding carboxylic acids is 2. The average molecular weight is 469 g/mol. The third-order valence-corrected chi connectivity index (χ3v) is 6.92. The van der Waals surface area contributed by atoms with Crippen LogP contribution in [0.3, 0.4) is 0 Å². The molecule has 7 heteroatoms. The Morgan fingerprint density at radius 3 is 2.59 bits per heavy atom. The molecule has 5 nitrogen and oxygen atoms in total. The van der Waals surface area contributed by atoms with E-state index >= 15 is 0 Å². The molecule has 0 spiro atoms. The molecule has 1 unspecified atom stereocenters. The first-order valence-corrected chi connectivity index (χ1v) is 11.8. The Morgan fingerprint density at radius 1 is 1.12 bits per heavy atom. The molecule has 0 saturated heterocycles. The van der Waals surface area contributed by atoms with Crippen LogP contribution in [0.25, 0.3) is 0 Å². The van der Waals surface area contributed by atoms with Crippen molar-refractivity contribution in [3.8, 4) is 0 Å². The molecule has 4 rings (SSSR count). The molecule has 2 aromatic carbocycles.